The normalized spacial score (nSPS) is 34.8. The zero-order valence-electron chi connectivity index (χ0n) is 13.7. The van der Waals surface area contributed by atoms with Crippen LogP contribution in [0.5, 0.6) is 0 Å². The first-order chi connectivity index (χ1) is 9.32. The van der Waals surface area contributed by atoms with E-state index in [0.29, 0.717) is 23.3 Å². The third-order valence-corrected chi connectivity index (χ3v) is 5.82. The second-order valence-corrected chi connectivity index (χ2v) is 7.94. The van der Waals surface area contributed by atoms with Crippen LogP contribution in [0.3, 0.4) is 0 Å². The van der Waals surface area contributed by atoms with Gasteiger partial charge in [0.05, 0.1) is 5.92 Å². The van der Waals surface area contributed by atoms with Crippen LogP contribution in [-0.4, -0.2) is 29.9 Å². The third kappa shape index (κ3) is 3.36. The van der Waals surface area contributed by atoms with Crippen molar-refractivity contribution in [1.82, 2.24) is 4.90 Å². The van der Waals surface area contributed by atoms with Gasteiger partial charge in [0.25, 0.3) is 0 Å². The Kier molecular flexibility index (Phi) is 4.78. The van der Waals surface area contributed by atoms with Crippen molar-refractivity contribution >= 4 is 5.91 Å². The molecule has 0 aromatic rings. The molecule has 2 aliphatic carbocycles. The van der Waals surface area contributed by atoms with Crippen molar-refractivity contribution in [2.45, 2.75) is 77.8 Å². The number of hydrogen-bond donors (Lipinski definition) is 1. The molecule has 3 heteroatoms. The third-order valence-electron chi connectivity index (χ3n) is 5.82. The summed E-state index contributed by atoms with van der Waals surface area (Å²) in [5.41, 5.74) is 6.74. The van der Waals surface area contributed by atoms with E-state index >= 15 is 0 Å². The lowest BCUT2D eigenvalue weighted by Gasteiger charge is -2.41. The van der Waals surface area contributed by atoms with E-state index in [1.165, 1.54) is 19.3 Å². The van der Waals surface area contributed by atoms with Crippen molar-refractivity contribution in [3.8, 4) is 0 Å². The molecule has 0 radical (unpaired) electrons. The Morgan fingerprint density at radius 1 is 1.15 bits per heavy atom. The molecule has 3 unspecified atom stereocenters. The van der Waals surface area contributed by atoms with Crippen LogP contribution in [-0.2, 0) is 4.79 Å². The van der Waals surface area contributed by atoms with Crippen molar-refractivity contribution in [2.75, 3.05) is 7.05 Å². The summed E-state index contributed by atoms with van der Waals surface area (Å²) < 4.78 is 0. The van der Waals surface area contributed by atoms with Crippen LogP contribution < -0.4 is 5.73 Å². The van der Waals surface area contributed by atoms with Crippen LogP contribution in [0, 0.1) is 17.3 Å². The van der Waals surface area contributed by atoms with Gasteiger partial charge in [-0.15, -0.1) is 0 Å². The summed E-state index contributed by atoms with van der Waals surface area (Å²) in [4.78, 5) is 14.8. The topological polar surface area (TPSA) is 46.3 Å². The molecule has 0 saturated heterocycles. The highest BCUT2D eigenvalue weighted by molar-refractivity contribution is 5.79. The van der Waals surface area contributed by atoms with Crippen LogP contribution in [0.1, 0.15) is 65.7 Å². The van der Waals surface area contributed by atoms with E-state index in [0.717, 1.165) is 25.7 Å². The minimum atomic E-state index is 0.0543. The highest BCUT2D eigenvalue weighted by Gasteiger charge is 2.37. The largest absolute Gasteiger partial charge is 0.342 e. The van der Waals surface area contributed by atoms with E-state index in [4.69, 9.17) is 5.73 Å². The van der Waals surface area contributed by atoms with Crippen LogP contribution >= 0.6 is 0 Å². The number of amides is 1. The predicted octanol–water partition coefficient (Wildman–Crippen LogP) is 3.18. The first kappa shape index (κ1) is 15.8. The van der Waals surface area contributed by atoms with Gasteiger partial charge in [-0.3, -0.25) is 4.79 Å². The summed E-state index contributed by atoms with van der Waals surface area (Å²) in [6.45, 7) is 6.86. The second-order valence-electron chi connectivity index (χ2n) is 7.94. The molecule has 0 spiro atoms. The summed E-state index contributed by atoms with van der Waals surface area (Å²) in [6, 6.07) is 0.485. The van der Waals surface area contributed by atoms with Crippen molar-refractivity contribution in [3.05, 3.63) is 0 Å². The number of carbonyl (C=O) groups excluding carboxylic acids is 1. The Bertz CT molecular complexity index is 343. The molecule has 2 saturated carbocycles. The summed E-state index contributed by atoms with van der Waals surface area (Å²) >= 11 is 0. The molecule has 0 aromatic carbocycles. The lowest BCUT2D eigenvalue weighted by molar-refractivity contribution is -0.139. The lowest BCUT2D eigenvalue weighted by atomic mass is 9.74. The zero-order valence-corrected chi connectivity index (χ0v) is 13.7. The number of carbonyl (C=O) groups is 1. The Hall–Kier alpha value is -0.570. The minimum Gasteiger partial charge on any atom is -0.342 e. The fourth-order valence-corrected chi connectivity index (χ4v) is 3.94. The van der Waals surface area contributed by atoms with Crippen molar-refractivity contribution in [3.63, 3.8) is 0 Å². The number of hydrogen-bond acceptors (Lipinski definition) is 2. The average Bonchev–Trinajstić information content (AvgIpc) is 2.40. The summed E-state index contributed by atoms with van der Waals surface area (Å²) in [7, 11) is 2.00. The Labute approximate surface area is 124 Å². The SMILES string of the molecule is CC1CCCC(C(=O)N(C)C2CCC(C)(C)CC2)C1N. The fourth-order valence-electron chi connectivity index (χ4n) is 3.94. The van der Waals surface area contributed by atoms with E-state index in [2.05, 4.69) is 20.8 Å². The monoisotopic (exact) mass is 280 g/mol. The van der Waals surface area contributed by atoms with E-state index in [-0.39, 0.29) is 12.0 Å². The van der Waals surface area contributed by atoms with E-state index in [1.807, 2.05) is 11.9 Å². The molecule has 2 N–H and O–H groups in total. The fraction of sp³-hybridized carbons (Fsp3) is 0.941. The van der Waals surface area contributed by atoms with Gasteiger partial charge < -0.3 is 10.6 Å². The Morgan fingerprint density at radius 2 is 1.75 bits per heavy atom. The highest BCUT2D eigenvalue weighted by atomic mass is 16.2. The van der Waals surface area contributed by atoms with Crippen LogP contribution in [0.4, 0.5) is 0 Å². The highest BCUT2D eigenvalue weighted by Crippen LogP contribution is 2.37. The molecule has 20 heavy (non-hydrogen) atoms. The first-order valence-corrected chi connectivity index (χ1v) is 8.34. The number of rotatable bonds is 2. The molecule has 3 nitrogen and oxygen atoms in total. The lowest BCUT2D eigenvalue weighted by Crippen LogP contribution is -2.51. The molecule has 0 bridgehead atoms. The van der Waals surface area contributed by atoms with Crippen molar-refractivity contribution in [1.29, 1.82) is 0 Å². The van der Waals surface area contributed by atoms with Gasteiger partial charge >= 0.3 is 0 Å². The molecule has 0 aromatic heterocycles. The maximum Gasteiger partial charge on any atom is 0.227 e. The van der Waals surface area contributed by atoms with Crippen LogP contribution in [0.25, 0.3) is 0 Å². The van der Waals surface area contributed by atoms with Crippen molar-refractivity contribution < 1.29 is 4.79 Å². The summed E-state index contributed by atoms with van der Waals surface area (Å²) in [5.74, 6) is 0.837. The standard InChI is InChI=1S/C17H32N2O/c1-12-6-5-7-14(15(12)18)16(20)19(4)13-8-10-17(2,3)11-9-13/h12-15H,5-11,18H2,1-4H3. The molecule has 2 rings (SSSR count). The zero-order chi connectivity index (χ0) is 14.9. The minimum absolute atomic E-state index is 0.0543. The molecule has 116 valence electrons. The quantitative estimate of drug-likeness (QED) is 0.844. The van der Waals surface area contributed by atoms with Gasteiger partial charge in [-0.05, 0) is 49.9 Å². The van der Waals surface area contributed by atoms with Gasteiger partial charge in [-0.25, -0.2) is 0 Å². The number of nitrogens with two attached hydrogens (primary N) is 1. The molecule has 2 fully saturated rings. The van der Waals surface area contributed by atoms with Gasteiger partial charge in [0.1, 0.15) is 0 Å². The van der Waals surface area contributed by atoms with Gasteiger partial charge in [0.15, 0.2) is 0 Å². The summed E-state index contributed by atoms with van der Waals surface area (Å²) in [5, 5.41) is 0. The van der Waals surface area contributed by atoms with Gasteiger partial charge in [-0.2, -0.15) is 0 Å². The van der Waals surface area contributed by atoms with E-state index < -0.39 is 0 Å². The molecule has 0 heterocycles. The summed E-state index contributed by atoms with van der Waals surface area (Å²) in [6.07, 6.45) is 8.04. The molecular weight excluding hydrogens is 248 g/mol. The van der Waals surface area contributed by atoms with Crippen LogP contribution in [0.2, 0.25) is 0 Å². The molecule has 3 atom stereocenters. The van der Waals surface area contributed by atoms with Crippen LogP contribution in [0.15, 0.2) is 0 Å². The van der Waals surface area contributed by atoms with Gasteiger partial charge in [0, 0.05) is 19.1 Å². The van der Waals surface area contributed by atoms with E-state index in [1.54, 1.807) is 0 Å². The first-order valence-electron chi connectivity index (χ1n) is 8.34. The predicted molar refractivity (Wildman–Crippen MR) is 83.3 cm³/mol. The molecular formula is C17H32N2O. The Morgan fingerprint density at radius 3 is 2.35 bits per heavy atom. The van der Waals surface area contributed by atoms with Gasteiger partial charge in [-0.1, -0.05) is 27.2 Å². The van der Waals surface area contributed by atoms with Crippen molar-refractivity contribution in [2.24, 2.45) is 23.0 Å². The Balaban J connectivity index is 1.95. The maximum atomic E-state index is 12.8. The maximum absolute atomic E-state index is 12.8. The average molecular weight is 280 g/mol. The molecule has 0 aliphatic heterocycles. The van der Waals surface area contributed by atoms with E-state index in [9.17, 15) is 4.79 Å². The van der Waals surface area contributed by atoms with Gasteiger partial charge in [0.2, 0.25) is 5.91 Å². The molecule has 1 amide bonds. The molecule has 2 aliphatic rings. The smallest absolute Gasteiger partial charge is 0.227 e. The number of nitrogens with zero attached hydrogens (tertiary/aromatic N) is 1. The second kappa shape index (κ2) is 6.05.